The van der Waals surface area contributed by atoms with Gasteiger partial charge in [0.05, 0.1) is 18.8 Å². The zero-order valence-electron chi connectivity index (χ0n) is 18.0. The number of aliphatic hydroxyl groups is 1. The molecule has 2 aromatic rings. The molecule has 3 atom stereocenters. The van der Waals surface area contributed by atoms with E-state index in [0.717, 1.165) is 36.3 Å². The van der Waals surface area contributed by atoms with Crippen LogP contribution in [0, 0.1) is 5.92 Å². The average Bonchev–Trinajstić information content (AvgIpc) is 2.77. The maximum atomic E-state index is 10.6. The van der Waals surface area contributed by atoms with Crippen molar-refractivity contribution in [3.8, 4) is 11.5 Å². The molecular formula is C25H33NO4. The van der Waals surface area contributed by atoms with Crippen molar-refractivity contribution in [2.45, 2.75) is 51.4 Å². The number of rotatable bonds is 8. The maximum absolute atomic E-state index is 10.6. The first kappa shape index (κ1) is 21.2. The summed E-state index contributed by atoms with van der Waals surface area (Å²) in [5, 5.41) is 14.1. The van der Waals surface area contributed by atoms with E-state index in [1.807, 2.05) is 12.1 Å². The summed E-state index contributed by atoms with van der Waals surface area (Å²) in [4.78, 5) is 0. The van der Waals surface area contributed by atoms with Crippen molar-refractivity contribution in [2.24, 2.45) is 5.92 Å². The first-order valence-corrected chi connectivity index (χ1v) is 11.1. The Labute approximate surface area is 179 Å². The van der Waals surface area contributed by atoms with Gasteiger partial charge in [0.25, 0.3) is 0 Å². The van der Waals surface area contributed by atoms with Crippen LogP contribution in [0.15, 0.2) is 42.5 Å². The van der Waals surface area contributed by atoms with Gasteiger partial charge in [-0.3, -0.25) is 0 Å². The van der Waals surface area contributed by atoms with Crippen LogP contribution in [0.1, 0.15) is 55.5 Å². The lowest BCUT2D eigenvalue weighted by atomic mass is 9.89. The molecule has 1 aliphatic heterocycles. The molecule has 2 N–H and O–H groups in total. The van der Waals surface area contributed by atoms with E-state index in [4.69, 9.17) is 14.2 Å². The van der Waals surface area contributed by atoms with Crippen LogP contribution in [-0.4, -0.2) is 37.6 Å². The Morgan fingerprint density at radius 3 is 2.73 bits per heavy atom. The molecule has 1 heterocycles. The van der Waals surface area contributed by atoms with Gasteiger partial charge in [-0.1, -0.05) is 44.2 Å². The van der Waals surface area contributed by atoms with E-state index in [0.29, 0.717) is 32.3 Å². The van der Waals surface area contributed by atoms with Crippen LogP contribution in [0.3, 0.4) is 0 Å². The molecule has 30 heavy (non-hydrogen) atoms. The van der Waals surface area contributed by atoms with Gasteiger partial charge in [0, 0.05) is 12.6 Å². The van der Waals surface area contributed by atoms with E-state index in [1.54, 1.807) is 0 Å². The zero-order valence-corrected chi connectivity index (χ0v) is 18.0. The lowest BCUT2D eigenvalue weighted by Crippen LogP contribution is -2.35. The molecule has 0 saturated heterocycles. The maximum Gasteiger partial charge on any atom is 0.161 e. The minimum Gasteiger partial charge on any atom is -0.486 e. The van der Waals surface area contributed by atoms with Gasteiger partial charge >= 0.3 is 0 Å². The van der Waals surface area contributed by atoms with Crippen molar-refractivity contribution < 1.29 is 19.3 Å². The molecule has 3 unspecified atom stereocenters. The minimum absolute atomic E-state index is 0.0864. The van der Waals surface area contributed by atoms with E-state index >= 15 is 0 Å². The number of ether oxygens (including phenoxy) is 3. The molecule has 0 amide bonds. The first-order valence-electron chi connectivity index (χ1n) is 11.1. The van der Waals surface area contributed by atoms with E-state index in [-0.39, 0.29) is 12.1 Å². The molecule has 1 aliphatic carbocycles. The van der Waals surface area contributed by atoms with E-state index in [9.17, 15) is 5.11 Å². The predicted octanol–water partition coefficient (Wildman–Crippen LogP) is 4.20. The highest BCUT2D eigenvalue weighted by atomic mass is 16.6. The number of fused-ring (bicyclic) bond motifs is 2. The number of hydrogen-bond acceptors (Lipinski definition) is 5. The van der Waals surface area contributed by atoms with Crippen molar-refractivity contribution in [3.05, 3.63) is 59.2 Å². The van der Waals surface area contributed by atoms with Crippen LogP contribution in [0.2, 0.25) is 0 Å². The Kier molecular flexibility index (Phi) is 6.93. The molecule has 0 spiro atoms. The van der Waals surface area contributed by atoms with Crippen LogP contribution in [0.4, 0.5) is 0 Å². The Bertz CT molecular complexity index is 838. The van der Waals surface area contributed by atoms with Gasteiger partial charge in [0.1, 0.15) is 13.2 Å². The third-order valence-corrected chi connectivity index (χ3v) is 5.97. The van der Waals surface area contributed by atoms with Crippen LogP contribution < -0.4 is 14.8 Å². The average molecular weight is 412 g/mol. The van der Waals surface area contributed by atoms with Gasteiger partial charge in [0.15, 0.2) is 11.5 Å². The SMILES string of the molecule is CC(C)C(NCC(O)COC1CCCc2ccccc21)c1ccc2c(c1)OCCO2. The van der Waals surface area contributed by atoms with Crippen LogP contribution in [0.5, 0.6) is 11.5 Å². The summed E-state index contributed by atoms with van der Waals surface area (Å²) in [7, 11) is 0. The Balaban J connectivity index is 1.32. The van der Waals surface area contributed by atoms with Crippen molar-refractivity contribution in [1.29, 1.82) is 0 Å². The second kappa shape index (κ2) is 9.82. The first-order chi connectivity index (χ1) is 14.6. The predicted molar refractivity (Wildman–Crippen MR) is 117 cm³/mol. The van der Waals surface area contributed by atoms with Gasteiger partial charge in [0.2, 0.25) is 0 Å². The summed E-state index contributed by atoms with van der Waals surface area (Å²) in [5.74, 6) is 1.96. The molecule has 0 radical (unpaired) electrons. The summed E-state index contributed by atoms with van der Waals surface area (Å²) in [5.41, 5.74) is 3.80. The topological polar surface area (TPSA) is 60.0 Å². The molecule has 0 aromatic heterocycles. The number of hydrogen-bond donors (Lipinski definition) is 2. The quantitative estimate of drug-likeness (QED) is 0.682. The molecule has 5 nitrogen and oxygen atoms in total. The molecule has 0 fully saturated rings. The summed E-state index contributed by atoms with van der Waals surface area (Å²) < 4.78 is 17.5. The molecule has 0 saturated carbocycles. The van der Waals surface area contributed by atoms with Crippen molar-refractivity contribution in [3.63, 3.8) is 0 Å². The van der Waals surface area contributed by atoms with Crippen LogP contribution in [-0.2, 0) is 11.2 Å². The molecule has 5 heteroatoms. The van der Waals surface area contributed by atoms with E-state index < -0.39 is 6.10 Å². The third-order valence-electron chi connectivity index (χ3n) is 5.97. The van der Waals surface area contributed by atoms with Crippen LogP contribution in [0.25, 0.3) is 0 Å². The van der Waals surface area contributed by atoms with Crippen LogP contribution >= 0.6 is 0 Å². The monoisotopic (exact) mass is 411 g/mol. The molecule has 2 aliphatic rings. The molecule has 162 valence electrons. The Hall–Kier alpha value is -2.08. The highest BCUT2D eigenvalue weighted by Gasteiger charge is 2.23. The van der Waals surface area contributed by atoms with Crippen molar-refractivity contribution >= 4 is 0 Å². The number of aryl methyl sites for hydroxylation is 1. The Morgan fingerprint density at radius 1 is 1.10 bits per heavy atom. The fourth-order valence-corrected chi connectivity index (χ4v) is 4.42. The van der Waals surface area contributed by atoms with Gasteiger partial charge < -0.3 is 24.6 Å². The fourth-order valence-electron chi connectivity index (χ4n) is 4.42. The molecule has 0 bridgehead atoms. The normalized spacial score (nSPS) is 19.9. The lowest BCUT2D eigenvalue weighted by molar-refractivity contribution is -0.0178. The van der Waals surface area contributed by atoms with E-state index in [1.165, 1.54) is 11.1 Å². The molecule has 4 rings (SSSR count). The second-order valence-electron chi connectivity index (χ2n) is 8.60. The second-order valence-corrected chi connectivity index (χ2v) is 8.60. The lowest BCUT2D eigenvalue weighted by Gasteiger charge is -2.28. The van der Waals surface area contributed by atoms with Crippen molar-refractivity contribution in [1.82, 2.24) is 5.32 Å². The number of nitrogens with one attached hydrogen (secondary N) is 1. The Morgan fingerprint density at radius 2 is 1.90 bits per heavy atom. The third kappa shape index (κ3) is 4.97. The largest absolute Gasteiger partial charge is 0.486 e. The summed E-state index contributed by atoms with van der Waals surface area (Å²) in [6.07, 6.45) is 2.80. The van der Waals surface area contributed by atoms with Crippen molar-refractivity contribution in [2.75, 3.05) is 26.4 Å². The van der Waals surface area contributed by atoms with Gasteiger partial charge in [-0.2, -0.15) is 0 Å². The smallest absolute Gasteiger partial charge is 0.161 e. The highest BCUT2D eigenvalue weighted by Crippen LogP contribution is 2.35. The van der Waals surface area contributed by atoms with Gasteiger partial charge in [-0.15, -0.1) is 0 Å². The molecular weight excluding hydrogens is 378 g/mol. The summed E-state index contributed by atoms with van der Waals surface area (Å²) in [6.45, 7) is 6.34. The number of benzene rings is 2. The summed E-state index contributed by atoms with van der Waals surface area (Å²) >= 11 is 0. The highest BCUT2D eigenvalue weighted by molar-refractivity contribution is 5.44. The minimum atomic E-state index is -0.558. The zero-order chi connectivity index (χ0) is 20.9. The van der Waals surface area contributed by atoms with Gasteiger partial charge in [-0.05, 0) is 54.0 Å². The fraction of sp³-hybridized carbons (Fsp3) is 0.520. The van der Waals surface area contributed by atoms with Gasteiger partial charge in [-0.25, -0.2) is 0 Å². The molecule has 2 aromatic carbocycles. The number of aliphatic hydroxyl groups excluding tert-OH is 1. The summed E-state index contributed by atoms with van der Waals surface area (Å²) in [6, 6.07) is 14.7. The standard InChI is InChI=1S/C25H33NO4/c1-17(2)25(19-10-11-23-24(14-19)29-13-12-28-23)26-15-20(27)16-30-22-9-5-7-18-6-3-4-8-21(18)22/h3-4,6,8,10-11,14,17,20,22,25-27H,5,7,9,12-13,15-16H2,1-2H3. The van der Waals surface area contributed by atoms with E-state index in [2.05, 4.69) is 49.5 Å².